The number of nitrogens with zero attached hydrogens (tertiary/aromatic N) is 4. The molecule has 0 atom stereocenters. The number of hydrogen-bond acceptors (Lipinski definition) is 7. The molecule has 0 aliphatic rings. The molecule has 196 valence electrons. The van der Waals surface area contributed by atoms with E-state index in [0.29, 0.717) is 39.6 Å². The van der Waals surface area contributed by atoms with Gasteiger partial charge >= 0.3 is 0 Å². The number of H-pyrrole nitrogens is 2. The molecule has 39 heavy (non-hydrogen) atoms. The molecule has 0 saturated heterocycles. The monoisotopic (exact) mass is 543 g/mol. The fourth-order valence-electron chi connectivity index (χ4n) is 4.48. The zero-order valence-electron chi connectivity index (χ0n) is 20.9. The molecule has 0 aliphatic heterocycles. The summed E-state index contributed by atoms with van der Waals surface area (Å²) in [7, 11) is -1.84. The van der Waals surface area contributed by atoms with Gasteiger partial charge in [-0.1, -0.05) is 0 Å². The van der Waals surface area contributed by atoms with Gasteiger partial charge < -0.3 is 9.72 Å². The topological polar surface area (TPSA) is 139 Å². The third-order valence-corrected chi connectivity index (χ3v) is 6.95. The van der Waals surface area contributed by atoms with Crippen LogP contribution in [-0.2, 0) is 16.6 Å². The van der Waals surface area contributed by atoms with Crippen molar-refractivity contribution in [3.8, 4) is 39.5 Å². The van der Waals surface area contributed by atoms with Gasteiger partial charge in [0.05, 0.1) is 42.7 Å². The fourth-order valence-corrected chi connectivity index (χ4v) is 4.91. The molecule has 5 heterocycles. The second-order valence-corrected chi connectivity index (χ2v) is 10.9. The molecule has 0 saturated carbocycles. The molecule has 0 aliphatic carbocycles. The Morgan fingerprint density at radius 2 is 1.87 bits per heavy atom. The van der Waals surface area contributed by atoms with Crippen molar-refractivity contribution in [1.29, 1.82) is 0 Å². The van der Waals surface area contributed by atoms with Crippen LogP contribution in [0.2, 0.25) is 0 Å². The Morgan fingerprint density at radius 3 is 2.69 bits per heavy atom. The van der Waals surface area contributed by atoms with E-state index >= 15 is 0 Å². The summed E-state index contributed by atoms with van der Waals surface area (Å²) in [4.78, 5) is 16.5. The van der Waals surface area contributed by atoms with Gasteiger partial charge in [0.1, 0.15) is 22.9 Å². The molecular weight excluding hydrogens is 521 g/mol. The normalized spacial score (nSPS) is 11.9. The number of hydrogen-bond donors (Lipinski definition) is 3. The van der Waals surface area contributed by atoms with Crippen LogP contribution in [0.1, 0.15) is 5.56 Å². The zero-order valence-corrected chi connectivity index (χ0v) is 21.7. The summed E-state index contributed by atoms with van der Waals surface area (Å²) in [6.45, 7) is -0.0192. The highest BCUT2D eigenvalue weighted by Gasteiger charge is 2.16. The number of aromatic amines is 2. The van der Waals surface area contributed by atoms with Crippen molar-refractivity contribution in [2.75, 3.05) is 13.4 Å². The SMILES string of the molecule is COc1cncc(-c2cc3c(-c4cc5c(-c6cc(F)cc(CNS(C)(=O)=O)c6)ccnc5[nH]4)n[nH]c3cn2)c1. The molecule has 0 bridgehead atoms. The average Bonchev–Trinajstić information content (AvgIpc) is 3.55. The van der Waals surface area contributed by atoms with Crippen molar-refractivity contribution in [2.24, 2.45) is 0 Å². The lowest BCUT2D eigenvalue weighted by Crippen LogP contribution is -2.21. The predicted molar refractivity (Wildman–Crippen MR) is 146 cm³/mol. The number of rotatable bonds is 7. The van der Waals surface area contributed by atoms with Crippen molar-refractivity contribution < 1.29 is 17.5 Å². The molecule has 0 radical (unpaired) electrons. The van der Waals surface area contributed by atoms with E-state index in [-0.39, 0.29) is 6.54 Å². The van der Waals surface area contributed by atoms with Gasteiger partial charge in [-0.25, -0.2) is 22.5 Å². The smallest absolute Gasteiger partial charge is 0.209 e. The summed E-state index contributed by atoms with van der Waals surface area (Å²) in [5, 5.41) is 9.15. The summed E-state index contributed by atoms with van der Waals surface area (Å²) < 4.78 is 45.3. The number of methoxy groups -OCH3 is 1. The van der Waals surface area contributed by atoms with E-state index in [2.05, 4.69) is 34.9 Å². The Bertz CT molecular complexity index is 1970. The maximum Gasteiger partial charge on any atom is 0.209 e. The predicted octanol–water partition coefficient (Wildman–Crippen LogP) is 4.43. The second kappa shape index (κ2) is 9.57. The van der Waals surface area contributed by atoms with Crippen molar-refractivity contribution in [3.63, 3.8) is 0 Å². The minimum atomic E-state index is -3.42. The van der Waals surface area contributed by atoms with Crippen molar-refractivity contribution >= 4 is 32.0 Å². The summed E-state index contributed by atoms with van der Waals surface area (Å²) in [5.74, 6) is 0.160. The molecule has 6 rings (SSSR count). The number of pyridine rings is 3. The highest BCUT2D eigenvalue weighted by molar-refractivity contribution is 7.88. The molecule has 0 amide bonds. The van der Waals surface area contributed by atoms with E-state index in [9.17, 15) is 12.8 Å². The van der Waals surface area contributed by atoms with E-state index in [0.717, 1.165) is 33.7 Å². The quantitative estimate of drug-likeness (QED) is 0.271. The van der Waals surface area contributed by atoms with Gasteiger partial charge in [0.15, 0.2) is 0 Å². The summed E-state index contributed by atoms with van der Waals surface area (Å²) in [6.07, 6.45) is 7.76. The second-order valence-electron chi connectivity index (χ2n) is 9.05. The molecule has 10 nitrogen and oxygen atoms in total. The molecule has 0 unspecified atom stereocenters. The number of benzene rings is 1. The number of nitrogens with one attached hydrogen (secondary N) is 3. The number of ether oxygens (including phenoxy) is 1. The number of aromatic nitrogens is 6. The zero-order chi connectivity index (χ0) is 27.1. The maximum absolute atomic E-state index is 14.5. The average molecular weight is 544 g/mol. The van der Waals surface area contributed by atoms with E-state index in [1.807, 2.05) is 18.2 Å². The first-order chi connectivity index (χ1) is 18.8. The van der Waals surface area contributed by atoms with E-state index < -0.39 is 15.8 Å². The Hall–Kier alpha value is -4.68. The van der Waals surface area contributed by atoms with Crippen LogP contribution in [-0.4, -0.2) is 51.9 Å². The van der Waals surface area contributed by atoms with Gasteiger partial charge in [-0.2, -0.15) is 5.10 Å². The van der Waals surface area contributed by atoms with Gasteiger partial charge in [0.25, 0.3) is 0 Å². The first-order valence-corrected chi connectivity index (χ1v) is 13.7. The number of fused-ring (bicyclic) bond motifs is 2. The Labute approximate surface area is 222 Å². The van der Waals surface area contributed by atoms with Gasteiger partial charge in [-0.15, -0.1) is 0 Å². The van der Waals surface area contributed by atoms with Crippen molar-refractivity contribution in [1.82, 2.24) is 34.9 Å². The Kier molecular flexibility index (Phi) is 6.04. The molecule has 12 heteroatoms. The highest BCUT2D eigenvalue weighted by atomic mass is 32.2. The Morgan fingerprint density at radius 1 is 1.00 bits per heavy atom. The van der Waals surface area contributed by atoms with Crippen LogP contribution in [0.4, 0.5) is 4.39 Å². The molecular formula is C27H22FN7O3S. The molecule has 6 aromatic rings. The molecule has 0 fully saturated rings. The fraction of sp³-hybridized carbons (Fsp3) is 0.111. The minimum absolute atomic E-state index is 0.0192. The van der Waals surface area contributed by atoms with Crippen LogP contribution >= 0.6 is 0 Å². The highest BCUT2D eigenvalue weighted by Crippen LogP contribution is 2.34. The lowest BCUT2D eigenvalue weighted by Gasteiger charge is -2.08. The van der Waals surface area contributed by atoms with Gasteiger partial charge in [0, 0.05) is 35.3 Å². The first-order valence-electron chi connectivity index (χ1n) is 11.8. The number of sulfonamides is 1. The van der Waals surface area contributed by atoms with E-state index in [1.165, 1.54) is 12.1 Å². The van der Waals surface area contributed by atoms with Gasteiger partial charge in [0.2, 0.25) is 10.0 Å². The molecule has 5 aromatic heterocycles. The standard InChI is InChI=1S/C27H22FN7O3S/c1-38-19-8-17(12-29-13-19)23-10-22-25(14-31-23)34-35-26(22)24-9-21-20(3-4-30-27(21)33-24)16-5-15(6-18(28)7-16)11-32-39(2,36)37/h3-10,12-14,32H,11H2,1-2H3,(H,30,33)(H,34,35). The van der Waals surface area contributed by atoms with Crippen LogP contribution in [0.15, 0.2) is 67.3 Å². The van der Waals surface area contributed by atoms with Crippen LogP contribution in [0.25, 0.3) is 55.7 Å². The van der Waals surface area contributed by atoms with Crippen LogP contribution in [0.5, 0.6) is 5.75 Å². The third-order valence-electron chi connectivity index (χ3n) is 6.29. The van der Waals surface area contributed by atoms with Crippen molar-refractivity contribution in [2.45, 2.75) is 6.54 Å². The molecule has 0 spiro atoms. The third kappa shape index (κ3) is 4.94. The maximum atomic E-state index is 14.5. The van der Waals surface area contributed by atoms with Crippen molar-refractivity contribution in [3.05, 3.63) is 78.6 Å². The minimum Gasteiger partial charge on any atom is -0.495 e. The Balaban J connectivity index is 1.42. The molecule has 1 aromatic carbocycles. The molecule has 3 N–H and O–H groups in total. The van der Waals surface area contributed by atoms with E-state index in [4.69, 9.17) is 4.74 Å². The first kappa shape index (κ1) is 24.6. The summed E-state index contributed by atoms with van der Waals surface area (Å²) >= 11 is 0. The largest absolute Gasteiger partial charge is 0.495 e. The number of halogens is 1. The lowest BCUT2D eigenvalue weighted by molar-refractivity contribution is 0.413. The summed E-state index contributed by atoms with van der Waals surface area (Å²) in [6, 6.07) is 12.0. The van der Waals surface area contributed by atoms with Gasteiger partial charge in [-0.05, 0) is 59.2 Å². The lowest BCUT2D eigenvalue weighted by atomic mass is 10.0. The van der Waals surface area contributed by atoms with E-state index in [1.54, 1.807) is 44.0 Å². The van der Waals surface area contributed by atoms with Gasteiger partial charge in [-0.3, -0.25) is 15.1 Å². The summed E-state index contributed by atoms with van der Waals surface area (Å²) in [5.41, 5.74) is 6.10. The van der Waals surface area contributed by atoms with Crippen LogP contribution in [0, 0.1) is 5.82 Å². The van der Waals surface area contributed by atoms with Crippen LogP contribution in [0.3, 0.4) is 0 Å². The van der Waals surface area contributed by atoms with Crippen LogP contribution < -0.4 is 9.46 Å².